The van der Waals surface area contributed by atoms with Gasteiger partial charge in [0.25, 0.3) is 0 Å². The zero-order valence-electron chi connectivity index (χ0n) is 7.21. The lowest BCUT2D eigenvalue weighted by Crippen LogP contribution is -2.36. The molecule has 0 radical (unpaired) electrons. The van der Waals surface area contributed by atoms with Gasteiger partial charge in [-0.2, -0.15) is 0 Å². The minimum atomic E-state index is -0.927. The van der Waals surface area contributed by atoms with Crippen molar-refractivity contribution in [1.82, 2.24) is 0 Å². The predicted octanol–water partition coefficient (Wildman–Crippen LogP) is 0.718. The molecule has 1 aromatic carbocycles. The van der Waals surface area contributed by atoms with Crippen molar-refractivity contribution in [2.75, 3.05) is 6.61 Å². The average Bonchev–Trinajstić information content (AvgIpc) is 2.12. The predicted molar refractivity (Wildman–Crippen MR) is 44.8 cm³/mol. The molecule has 2 unspecified atom stereocenters. The Labute approximate surface area is 79.1 Å². The molecule has 1 aliphatic rings. The number of aliphatic hydroxyl groups excluding tert-OH is 1. The van der Waals surface area contributed by atoms with Crippen LogP contribution in [0.5, 0.6) is 5.75 Å². The third-order valence-corrected chi connectivity index (χ3v) is 2.21. The number of hydrogen-bond donors (Lipinski definition) is 2. The van der Waals surface area contributed by atoms with E-state index in [0.717, 1.165) is 12.1 Å². The molecule has 2 rings (SSSR count). The second-order valence-electron chi connectivity index (χ2n) is 3.21. The number of benzene rings is 1. The molecule has 76 valence electrons. The zero-order valence-corrected chi connectivity index (χ0v) is 7.21. The molecule has 3 N–H and O–H groups in total. The van der Waals surface area contributed by atoms with Gasteiger partial charge >= 0.3 is 0 Å². The summed E-state index contributed by atoms with van der Waals surface area (Å²) in [5.74, 6) is -1.58. The third-order valence-electron chi connectivity index (χ3n) is 2.21. The van der Waals surface area contributed by atoms with Crippen LogP contribution >= 0.6 is 0 Å². The van der Waals surface area contributed by atoms with Crippen LogP contribution < -0.4 is 10.5 Å². The quantitative estimate of drug-likeness (QED) is 0.650. The number of fused-ring (bicyclic) bond motifs is 1. The van der Waals surface area contributed by atoms with Gasteiger partial charge in [-0.25, -0.2) is 8.78 Å². The van der Waals surface area contributed by atoms with Crippen LogP contribution in [0.25, 0.3) is 0 Å². The summed E-state index contributed by atoms with van der Waals surface area (Å²) in [6.07, 6.45) is -0.927. The summed E-state index contributed by atoms with van der Waals surface area (Å²) in [6, 6.07) is 0.998. The Bertz CT molecular complexity index is 370. The lowest BCUT2D eigenvalue weighted by molar-refractivity contribution is 0.0649. The highest BCUT2D eigenvalue weighted by molar-refractivity contribution is 5.40. The van der Waals surface area contributed by atoms with Crippen LogP contribution in [0.3, 0.4) is 0 Å². The van der Waals surface area contributed by atoms with Crippen molar-refractivity contribution in [2.24, 2.45) is 5.73 Å². The number of nitrogens with two attached hydrogens (primary N) is 1. The van der Waals surface area contributed by atoms with E-state index in [1.807, 2.05) is 0 Å². The molecule has 0 bridgehead atoms. The number of hydrogen-bond acceptors (Lipinski definition) is 3. The first kappa shape index (κ1) is 9.36. The van der Waals surface area contributed by atoms with Gasteiger partial charge in [-0.05, 0) is 6.07 Å². The highest BCUT2D eigenvalue weighted by Gasteiger charge is 2.29. The highest BCUT2D eigenvalue weighted by Crippen LogP contribution is 2.33. The Morgan fingerprint density at radius 1 is 1.43 bits per heavy atom. The standard InChI is InChI=1S/C9H9F2NO2/c10-4-1-5-8(12)7(13)3-14-9(5)6(11)2-4/h1-2,7-8,13H,3,12H2. The van der Waals surface area contributed by atoms with Gasteiger partial charge in [-0.15, -0.1) is 0 Å². The van der Waals surface area contributed by atoms with Crippen LogP contribution in [0, 0.1) is 11.6 Å². The van der Waals surface area contributed by atoms with E-state index in [2.05, 4.69) is 0 Å². The summed E-state index contributed by atoms with van der Waals surface area (Å²) < 4.78 is 30.9. The molecule has 0 saturated heterocycles. The van der Waals surface area contributed by atoms with E-state index >= 15 is 0 Å². The molecule has 1 heterocycles. The largest absolute Gasteiger partial charge is 0.487 e. The minimum Gasteiger partial charge on any atom is -0.487 e. The summed E-state index contributed by atoms with van der Waals surface area (Å²) in [5, 5.41) is 9.31. The van der Waals surface area contributed by atoms with Gasteiger partial charge in [0.05, 0.1) is 6.04 Å². The van der Waals surface area contributed by atoms with Gasteiger partial charge in [0.1, 0.15) is 18.5 Å². The summed E-state index contributed by atoms with van der Waals surface area (Å²) in [4.78, 5) is 0. The third kappa shape index (κ3) is 1.34. The van der Waals surface area contributed by atoms with Crippen molar-refractivity contribution in [3.05, 3.63) is 29.3 Å². The monoisotopic (exact) mass is 201 g/mol. The molecular weight excluding hydrogens is 192 g/mol. The first-order valence-corrected chi connectivity index (χ1v) is 4.15. The van der Waals surface area contributed by atoms with E-state index in [4.69, 9.17) is 10.5 Å². The maximum Gasteiger partial charge on any atom is 0.168 e. The normalized spacial score (nSPS) is 25.4. The van der Waals surface area contributed by atoms with Crippen molar-refractivity contribution >= 4 is 0 Å². The molecular formula is C9H9F2NO2. The summed E-state index contributed by atoms with van der Waals surface area (Å²) >= 11 is 0. The first-order chi connectivity index (χ1) is 6.59. The van der Waals surface area contributed by atoms with Crippen molar-refractivity contribution in [3.63, 3.8) is 0 Å². The van der Waals surface area contributed by atoms with E-state index in [9.17, 15) is 13.9 Å². The Balaban J connectivity index is 2.54. The fourth-order valence-electron chi connectivity index (χ4n) is 1.46. The Morgan fingerprint density at radius 2 is 2.14 bits per heavy atom. The molecule has 0 aromatic heterocycles. The fourth-order valence-corrected chi connectivity index (χ4v) is 1.46. The van der Waals surface area contributed by atoms with E-state index in [1.165, 1.54) is 0 Å². The van der Waals surface area contributed by atoms with Gasteiger partial charge in [0.15, 0.2) is 11.6 Å². The molecule has 0 spiro atoms. The highest BCUT2D eigenvalue weighted by atomic mass is 19.1. The maximum absolute atomic E-state index is 13.1. The summed E-state index contributed by atoms with van der Waals surface area (Å²) in [6.45, 7) is -0.0727. The van der Waals surface area contributed by atoms with Gasteiger partial charge in [0, 0.05) is 11.6 Å². The lowest BCUT2D eigenvalue weighted by Gasteiger charge is -2.27. The van der Waals surface area contributed by atoms with Crippen LogP contribution in [0.1, 0.15) is 11.6 Å². The molecule has 1 aromatic rings. The van der Waals surface area contributed by atoms with Gasteiger partial charge in [-0.3, -0.25) is 0 Å². The molecule has 3 nitrogen and oxygen atoms in total. The van der Waals surface area contributed by atoms with E-state index < -0.39 is 23.8 Å². The zero-order chi connectivity index (χ0) is 10.3. The average molecular weight is 201 g/mol. The van der Waals surface area contributed by atoms with Gasteiger partial charge < -0.3 is 15.6 Å². The van der Waals surface area contributed by atoms with Crippen LogP contribution in [0.4, 0.5) is 8.78 Å². The Morgan fingerprint density at radius 3 is 2.86 bits per heavy atom. The molecule has 0 aliphatic carbocycles. The van der Waals surface area contributed by atoms with E-state index in [1.54, 1.807) is 0 Å². The number of halogens is 2. The second kappa shape index (κ2) is 3.18. The lowest BCUT2D eigenvalue weighted by atomic mass is 9.99. The van der Waals surface area contributed by atoms with Crippen molar-refractivity contribution in [2.45, 2.75) is 12.1 Å². The SMILES string of the molecule is NC1c2cc(F)cc(F)c2OCC1O. The molecule has 5 heteroatoms. The first-order valence-electron chi connectivity index (χ1n) is 4.15. The second-order valence-corrected chi connectivity index (χ2v) is 3.21. The maximum atomic E-state index is 13.1. The van der Waals surface area contributed by atoms with Gasteiger partial charge in [0.2, 0.25) is 0 Å². The molecule has 2 atom stereocenters. The molecule has 0 amide bonds. The smallest absolute Gasteiger partial charge is 0.168 e. The number of ether oxygens (including phenoxy) is 1. The minimum absolute atomic E-state index is 0.0656. The van der Waals surface area contributed by atoms with Crippen LogP contribution in [0.15, 0.2) is 12.1 Å². The van der Waals surface area contributed by atoms with Crippen molar-refractivity contribution < 1.29 is 18.6 Å². The molecule has 1 aliphatic heterocycles. The van der Waals surface area contributed by atoms with Gasteiger partial charge in [-0.1, -0.05) is 0 Å². The van der Waals surface area contributed by atoms with Crippen LogP contribution in [0.2, 0.25) is 0 Å². The topological polar surface area (TPSA) is 55.5 Å². The molecule has 0 fully saturated rings. The Hall–Kier alpha value is -1.20. The number of aliphatic hydroxyl groups is 1. The van der Waals surface area contributed by atoms with E-state index in [0.29, 0.717) is 0 Å². The van der Waals surface area contributed by atoms with Crippen LogP contribution in [-0.2, 0) is 0 Å². The fraction of sp³-hybridized carbons (Fsp3) is 0.333. The summed E-state index contributed by atoms with van der Waals surface area (Å²) in [7, 11) is 0. The van der Waals surface area contributed by atoms with Crippen molar-refractivity contribution in [1.29, 1.82) is 0 Å². The van der Waals surface area contributed by atoms with Crippen molar-refractivity contribution in [3.8, 4) is 5.75 Å². The molecule has 0 saturated carbocycles. The number of rotatable bonds is 0. The molecule has 14 heavy (non-hydrogen) atoms. The Kier molecular flexibility index (Phi) is 2.13. The van der Waals surface area contributed by atoms with Crippen LogP contribution in [-0.4, -0.2) is 17.8 Å². The van der Waals surface area contributed by atoms with E-state index in [-0.39, 0.29) is 17.9 Å². The summed E-state index contributed by atoms with van der Waals surface area (Å²) in [5.41, 5.74) is 5.73.